The normalized spacial score (nSPS) is 28.5. The van der Waals surface area contributed by atoms with Crippen LogP contribution in [0, 0.1) is 5.92 Å². The van der Waals surface area contributed by atoms with Crippen LogP contribution in [0.2, 0.25) is 0 Å². The number of rotatable bonds is 6. The van der Waals surface area contributed by atoms with Gasteiger partial charge in [0.2, 0.25) is 5.91 Å². The highest BCUT2D eigenvalue weighted by Crippen LogP contribution is 2.26. The van der Waals surface area contributed by atoms with Gasteiger partial charge in [-0.3, -0.25) is 4.79 Å². The Kier molecular flexibility index (Phi) is 4.80. The van der Waals surface area contributed by atoms with Gasteiger partial charge in [0.1, 0.15) is 0 Å². The predicted molar refractivity (Wildman–Crippen MR) is 66.6 cm³/mol. The minimum Gasteiger partial charge on any atom is -0.396 e. The SMILES string of the molecule is O=C1C2CCCNC2CN1CCCCCCO. The molecule has 0 saturated carbocycles. The maximum Gasteiger partial charge on any atom is 0.227 e. The number of piperidine rings is 1. The van der Waals surface area contributed by atoms with Crippen molar-refractivity contribution in [1.82, 2.24) is 10.2 Å². The molecule has 0 radical (unpaired) electrons. The molecule has 2 N–H and O–H groups in total. The van der Waals surface area contributed by atoms with Gasteiger partial charge in [-0.15, -0.1) is 0 Å². The smallest absolute Gasteiger partial charge is 0.227 e. The molecule has 1 amide bonds. The van der Waals surface area contributed by atoms with E-state index in [-0.39, 0.29) is 12.5 Å². The van der Waals surface area contributed by atoms with Crippen molar-refractivity contribution in [2.45, 2.75) is 44.6 Å². The van der Waals surface area contributed by atoms with Crippen molar-refractivity contribution < 1.29 is 9.90 Å². The molecule has 2 aliphatic heterocycles. The fraction of sp³-hybridized carbons (Fsp3) is 0.923. The van der Waals surface area contributed by atoms with Crippen molar-refractivity contribution in [2.75, 3.05) is 26.2 Å². The number of nitrogens with zero attached hydrogens (tertiary/aromatic N) is 1. The summed E-state index contributed by atoms with van der Waals surface area (Å²) in [6, 6.07) is 0.411. The van der Waals surface area contributed by atoms with Gasteiger partial charge in [-0.1, -0.05) is 12.8 Å². The second kappa shape index (κ2) is 6.36. The van der Waals surface area contributed by atoms with Crippen molar-refractivity contribution in [3.8, 4) is 0 Å². The molecule has 17 heavy (non-hydrogen) atoms. The average molecular weight is 240 g/mol. The fourth-order valence-corrected chi connectivity index (χ4v) is 2.97. The molecule has 0 aromatic carbocycles. The van der Waals surface area contributed by atoms with Gasteiger partial charge < -0.3 is 15.3 Å². The van der Waals surface area contributed by atoms with Crippen LogP contribution in [0.25, 0.3) is 0 Å². The molecule has 2 aliphatic rings. The number of nitrogens with one attached hydrogen (secondary N) is 1. The van der Waals surface area contributed by atoms with Crippen molar-refractivity contribution in [3.63, 3.8) is 0 Å². The van der Waals surface area contributed by atoms with E-state index in [4.69, 9.17) is 5.11 Å². The summed E-state index contributed by atoms with van der Waals surface area (Å²) in [4.78, 5) is 14.1. The van der Waals surface area contributed by atoms with Crippen LogP contribution in [-0.2, 0) is 4.79 Å². The lowest BCUT2D eigenvalue weighted by atomic mass is 9.94. The minimum atomic E-state index is 0.251. The predicted octanol–water partition coefficient (Wildman–Crippen LogP) is 0.749. The number of aliphatic hydroxyl groups is 1. The molecule has 2 atom stereocenters. The standard InChI is InChI=1S/C13H24N2O2/c16-9-4-2-1-3-8-15-10-12-11(13(15)17)6-5-7-14-12/h11-12,14,16H,1-10H2. The first kappa shape index (κ1) is 12.8. The molecule has 0 spiro atoms. The van der Waals surface area contributed by atoms with Crippen molar-refractivity contribution in [2.24, 2.45) is 5.92 Å². The van der Waals surface area contributed by atoms with E-state index in [0.29, 0.717) is 11.9 Å². The number of carbonyl (C=O) groups excluding carboxylic acids is 1. The number of amides is 1. The highest BCUT2D eigenvalue weighted by atomic mass is 16.2. The number of fused-ring (bicyclic) bond motifs is 1. The molecule has 2 heterocycles. The van der Waals surface area contributed by atoms with E-state index in [1.165, 1.54) is 0 Å². The maximum atomic E-state index is 12.1. The molecule has 2 fully saturated rings. The second-order valence-corrected chi connectivity index (χ2v) is 5.23. The van der Waals surface area contributed by atoms with Gasteiger partial charge in [-0.25, -0.2) is 0 Å². The van der Waals surface area contributed by atoms with Gasteiger partial charge in [-0.2, -0.15) is 0 Å². The van der Waals surface area contributed by atoms with Crippen LogP contribution in [0.4, 0.5) is 0 Å². The van der Waals surface area contributed by atoms with E-state index < -0.39 is 0 Å². The Balaban J connectivity index is 1.69. The number of hydrogen-bond donors (Lipinski definition) is 2. The molecule has 0 aliphatic carbocycles. The van der Waals surface area contributed by atoms with Crippen LogP contribution < -0.4 is 5.32 Å². The summed E-state index contributed by atoms with van der Waals surface area (Å²) in [7, 11) is 0. The van der Waals surface area contributed by atoms with E-state index in [1.807, 2.05) is 4.90 Å². The topological polar surface area (TPSA) is 52.6 Å². The van der Waals surface area contributed by atoms with Crippen molar-refractivity contribution in [1.29, 1.82) is 0 Å². The van der Waals surface area contributed by atoms with Crippen LogP contribution >= 0.6 is 0 Å². The minimum absolute atomic E-state index is 0.251. The lowest BCUT2D eigenvalue weighted by molar-refractivity contribution is -0.131. The summed E-state index contributed by atoms with van der Waals surface area (Å²) in [6.45, 7) is 3.16. The van der Waals surface area contributed by atoms with Crippen molar-refractivity contribution >= 4 is 5.91 Å². The number of unbranched alkanes of at least 4 members (excludes halogenated alkanes) is 3. The Labute approximate surface area is 103 Å². The average Bonchev–Trinajstić information content (AvgIpc) is 2.67. The van der Waals surface area contributed by atoms with Crippen LogP contribution in [-0.4, -0.2) is 48.2 Å². The number of aliphatic hydroxyl groups excluding tert-OH is 1. The van der Waals surface area contributed by atoms with Crippen LogP contribution in [0.15, 0.2) is 0 Å². The first-order chi connectivity index (χ1) is 8.33. The summed E-state index contributed by atoms with van der Waals surface area (Å²) in [5, 5.41) is 12.1. The van der Waals surface area contributed by atoms with E-state index in [9.17, 15) is 4.79 Å². The Morgan fingerprint density at radius 3 is 2.88 bits per heavy atom. The number of carbonyl (C=O) groups is 1. The molecule has 0 bridgehead atoms. The van der Waals surface area contributed by atoms with E-state index in [2.05, 4.69) is 5.32 Å². The van der Waals surface area contributed by atoms with Gasteiger partial charge >= 0.3 is 0 Å². The monoisotopic (exact) mass is 240 g/mol. The zero-order chi connectivity index (χ0) is 12.1. The molecule has 2 unspecified atom stereocenters. The van der Waals surface area contributed by atoms with E-state index >= 15 is 0 Å². The molecule has 0 aromatic heterocycles. The van der Waals surface area contributed by atoms with E-state index in [0.717, 1.165) is 58.2 Å². The maximum absolute atomic E-state index is 12.1. The van der Waals surface area contributed by atoms with Crippen molar-refractivity contribution in [3.05, 3.63) is 0 Å². The second-order valence-electron chi connectivity index (χ2n) is 5.23. The first-order valence-electron chi connectivity index (χ1n) is 6.96. The van der Waals surface area contributed by atoms with Gasteiger partial charge in [0.05, 0.1) is 5.92 Å². The fourth-order valence-electron chi connectivity index (χ4n) is 2.97. The number of hydrogen-bond acceptors (Lipinski definition) is 3. The van der Waals surface area contributed by atoms with Gasteiger partial charge in [0, 0.05) is 25.7 Å². The highest BCUT2D eigenvalue weighted by Gasteiger charge is 2.40. The molecular formula is C13H24N2O2. The lowest BCUT2D eigenvalue weighted by Gasteiger charge is -2.23. The lowest BCUT2D eigenvalue weighted by Crippen LogP contribution is -2.41. The van der Waals surface area contributed by atoms with Crippen LogP contribution in [0.3, 0.4) is 0 Å². The summed E-state index contributed by atoms with van der Waals surface area (Å²) in [5.41, 5.74) is 0. The Morgan fingerprint density at radius 1 is 1.29 bits per heavy atom. The van der Waals surface area contributed by atoms with Gasteiger partial charge in [0.25, 0.3) is 0 Å². The zero-order valence-electron chi connectivity index (χ0n) is 10.5. The molecule has 4 heteroatoms. The number of likely N-dealkylation sites (tertiary alicyclic amines) is 1. The molecule has 2 rings (SSSR count). The molecule has 0 aromatic rings. The Morgan fingerprint density at radius 2 is 2.12 bits per heavy atom. The largest absolute Gasteiger partial charge is 0.396 e. The third-order valence-electron chi connectivity index (χ3n) is 3.97. The summed E-state index contributed by atoms with van der Waals surface area (Å²) < 4.78 is 0. The highest BCUT2D eigenvalue weighted by molar-refractivity contribution is 5.82. The third kappa shape index (κ3) is 3.19. The quantitative estimate of drug-likeness (QED) is 0.674. The summed E-state index contributed by atoms with van der Waals surface area (Å²) in [6.07, 6.45) is 6.36. The molecular weight excluding hydrogens is 216 g/mol. The van der Waals surface area contributed by atoms with Crippen LogP contribution in [0.5, 0.6) is 0 Å². The van der Waals surface area contributed by atoms with E-state index in [1.54, 1.807) is 0 Å². The third-order valence-corrected chi connectivity index (χ3v) is 3.97. The first-order valence-corrected chi connectivity index (χ1v) is 6.96. The Hall–Kier alpha value is -0.610. The Bertz CT molecular complexity index is 258. The molecule has 4 nitrogen and oxygen atoms in total. The summed E-state index contributed by atoms with van der Waals surface area (Å²) >= 11 is 0. The van der Waals surface area contributed by atoms with Gasteiger partial charge in [0.15, 0.2) is 0 Å². The van der Waals surface area contributed by atoms with Crippen LogP contribution in [0.1, 0.15) is 38.5 Å². The van der Waals surface area contributed by atoms with Gasteiger partial charge in [-0.05, 0) is 32.2 Å². The molecule has 98 valence electrons. The molecule has 2 saturated heterocycles. The summed E-state index contributed by atoms with van der Waals surface area (Å²) in [5.74, 6) is 0.616. The zero-order valence-corrected chi connectivity index (χ0v) is 10.5.